The van der Waals surface area contributed by atoms with Crippen molar-refractivity contribution in [3.05, 3.63) is 89.5 Å². The molecule has 4 aromatic rings. The van der Waals surface area contributed by atoms with Crippen molar-refractivity contribution < 1.29 is 9.53 Å². The molecule has 2 aliphatic rings. The summed E-state index contributed by atoms with van der Waals surface area (Å²) in [5.41, 5.74) is 13.3. The van der Waals surface area contributed by atoms with Gasteiger partial charge in [0.2, 0.25) is 6.41 Å². The Balaban J connectivity index is 1.50. The van der Waals surface area contributed by atoms with Crippen LogP contribution in [0.25, 0.3) is 22.0 Å². The minimum atomic E-state index is 0.0325. The van der Waals surface area contributed by atoms with Gasteiger partial charge in [-0.2, -0.15) is 0 Å². The lowest BCUT2D eigenvalue weighted by Crippen LogP contribution is -2.36. The lowest BCUT2D eigenvalue weighted by atomic mass is 9.89. The lowest BCUT2D eigenvalue weighted by Gasteiger charge is -2.29. The summed E-state index contributed by atoms with van der Waals surface area (Å²) >= 11 is 0. The fourth-order valence-electron chi connectivity index (χ4n) is 5.58. The van der Waals surface area contributed by atoms with Crippen LogP contribution in [-0.2, 0) is 9.53 Å². The maximum absolute atomic E-state index is 11.9. The van der Waals surface area contributed by atoms with Crippen molar-refractivity contribution in [3.63, 3.8) is 0 Å². The van der Waals surface area contributed by atoms with Crippen LogP contribution in [0.5, 0.6) is 0 Å². The topological polar surface area (TPSA) is 71.7 Å². The summed E-state index contributed by atoms with van der Waals surface area (Å²) < 4.78 is 5.53. The molecule has 2 fully saturated rings. The second kappa shape index (κ2) is 10.6. The molecule has 0 bridgehead atoms. The van der Waals surface area contributed by atoms with Gasteiger partial charge in [0, 0.05) is 41.7 Å². The van der Waals surface area contributed by atoms with Crippen LogP contribution in [-0.4, -0.2) is 49.1 Å². The molecule has 3 aromatic carbocycles. The van der Waals surface area contributed by atoms with Crippen LogP contribution in [0, 0.1) is 11.8 Å². The predicted octanol–water partition coefficient (Wildman–Crippen LogP) is 5.01. The second-order valence-electron chi connectivity index (χ2n) is 9.79. The van der Waals surface area contributed by atoms with Gasteiger partial charge in [0.05, 0.1) is 30.5 Å². The normalized spacial score (nSPS) is 17.3. The standard InChI is InChI=1S/C32H30N4O2/c33-32-30(35-16-18-38-19-17-35)21-26-20-25(13-14-28(26)34-32)31-24(12-11-23-6-2-1-3-7-23)8-4-9-27(31)29-10-5-15-36(29)22-37/h1-4,6-9,13-14,20-22,29H,5,10,15-19H2,(H2,33,34). The Morgan fingerprint density at radius 1 is 0.947 bits per heavy atom. The largest absolute Gasteiger partial charge is 0.382 e. The maximum atomic E-state index is 11.9. The van der Waals surface area contributed by atoms with Crippen LogP contribution < -0.4 is 10.6 Å². The smallest absolute Gasteiger partial charge is 0.210 e. The van der Waals surface area contributed by atoms with Gasteiger partial charge in [-0.15, -0.1) is 0 Å². The van der Waals surface area contributed by atoms with E-state index < -0.39 is 0 Å². The number of hydrogen-bond donors (Lipinski definition) is 1. The van der Waals surface area contributed by atoms with Crippen LogP contribution in [0.15, 0.2) is 72.8 Å². The van der Waals surface area contributed by atoms with Crippen LogP contribution in [0.4, 0.5) is 11.5 Å². The minimum Gasteiger partial charge on any atom is -0.382 e. The highest BCUT2D eigenvalue weighted by molar-refractivity contribution is 5.91. The molecule has 1 atom stereocenters. The average molecular weight is 503 g/mol. The van der Waals surface area contributed by atoms with Gasteiger partial charge in [0.25, 0.3) is 0 Å². The highest BCUT2D eigenvalue weighted by Crippen LogP contribution is 2.40. The van der Waals surface area contributed by atoms with E-state index in [1.54, 1.807) is 0 Å². The number of morpholine rings is 1. The molecule has 1 aromatic heterocycles. The van der Waals surface area contributed by atoms with Crippen molar-refractivity contribution in [2.75, 3.05) is 43.5 Å². The first-order valence-electron chi connectivity index (χ1n) is 13.2. The number of carbonyl (C=O) groups excluding carboxylic acids is 1. The number of nitrogens with two attached hydrogens (primary N) is 1. The molecule has 0 radical (unpaired) electrons. The number of nitrogens with zero attached hydrogens (tertiary/aromatic N) is 3. The molecule has 2 N–H and O–H groups in total. The Labute approximate surface area is 223 Å². The van der Waals surface area contributed by atoms with Gasteiger partial charge in [0.1, 0.15) is 5.82 Å². The van der Waals surface area contributed by atoms with Crippen LogP contribution in [0.3, 0.4) is 0 Å². The highest BCUT2D eigenvalue weighted by atomic mass is 16.5. The zero-order valence-electron chi connectivity index (χ0n) is 21.3. The molecule has 2 saturated heterocycles. The van der Waals surface area contributed by atoms with Gasteiger partial charge in [-0.05, 0) is 60.4 Å². The Hall–Kier alpha value is -4.34. The van der Waals surface area contributed by atoms with Gasteiger partial charge in [-0.25, -0.2) is 4.98 Å². The van der Waals surface area contributed by atoms with Crippen LogP contribution >= 0.6 is 0 Å². The number of aromatic nitrogens is 1. The summed E-state index contributed by atoms with van der Waals surface area (Å²) in [5.74, 6) is 7.30. The Morgan fingerprint density at radius 3 is 2.61 bits per heavy atom. The summed E-state index contributed by atoms with van der Waals surface area (Å²) in [6.45, 7) is 3.73. The monoisotopic (exact) mass is 502 g/mol. The minimum absolute atomic E-state index is 0.0325. The van der Waals surface area contributed by atoms with Gasteiger partial charge >= 0.3 is 0 Å². The summed E-state index contributed by atoms with van der Waals surface area (Å²) in [6.07, 6.45) is 2.91. The number of pyridine rings is 1. The zero-order valence-corrected chi connectivity index (χ0v) is 21.3. The summed E-state index contributed by atoms with van der Waals surface area (Å²) in [4.78, 5) is 20.8. The first-order valence-corrected chi connectivity index (χ1v) is 13.2. The van der Waals surface area contributed by atoms with Crippen molar-refractivity contribution in [1.29, 1.82) is 0 Å². The number of hydrogen-bond acceptors (Lipinski definition) is 5. The fraction of sp³-hybridized carbons (Fsp3) is 0.250. The SMILES string of the molecule is Nc1nc2ccc(-c3c(C#Cc4ccccc4)cccc3C3CCCN3C=O)cc2cc1N1CCOCC1. The zero-order chi connectivity index (χ0) is 25.9. The molecule has 2 aliphatic heterocycles. The van der Waals surface area contributed by atoms with E-state index in [0.29, 0.717) is 19.0 Å². The lowest BCUT2D eigenvalue weighted by molar-refractivity contribution is -0.118. The molecule has 6 heteroatoms. The molecule has 6 rings (SSSR count). The van der Waals surface area contributed by atoms with Crippen molar-refractivity contribution in [2.24, 2.45) is 0 Å². The van der Waals surface area contributed by atoms with Gasteiger partial charge < -0.3 is 20.3 Å². The third kappa shape index (κ3) is 4.69. The van der Waals surface area contributed by atoms with E-state index in [1.807, 2.05) is 41.3 Å². The molecule has 6 nitrogen and oxygen atoms in total. The van der Waals surface area contributed by atoms with E-state index >= 15 is 0 Å². The summed E-state index contributed by atoms with van der Waals surface area (Å²) in [6, 6.07) is 24.7. The number of benzene rings is 3. The highest BCUT2D eigenvalue weighted by Gasteiger charge is 2.28. The number of anilines is 2. The average Bonchev–Trinajstić information content (AvgIpc) is 3.45. The number of nitrogen functional groups attached to an aromatic ring is 1. The van der Waals surface area contributed by atoms with E-state index in [9.17, 15) is 4.79 Å². The van der Waals surface area contributed by atoms with Gasteiger partial charge in [-0.3, -0.25) is 4.79 Å². The molecule has 190 valence electrons. The van der Waals surface area contributed by atoms with E-state index in [4.69, 9.17) is 15.5 Å². The van der Waals surface area contributed by atoms with E-state index in [2.05, 4.69) is 53.1 Å². The van der Waals surface area contributed by atoms with Crippen molar-refractivity contribution >= 4 is 28.8 Å². The number of likely N-dealkylation sites (tertiary alicyclic amines) is 1. The van der Waals surface area contributed by atoms with Crippen molar-refractivity contribution in [1.82, 2.24) is 9.88 Å². The Bertz CT molecular complexity index is 1530. The molecular formula is C32H30N4O2. The first-order chi connectivity index (χ1) is 18.7. The molecule has 0 saturated carbocycles. The molecule has 1 unspecified atom stereocenters. The third-order valence-electron chi connectivity index (χ3n) is 7.46. The third-order valence-corrected chi connectivity index (χ3v) is 7.46. The van der Waals surface area contributed by atoms with Crippen LogP contribution in [0.1, 0.15) is 35.6 Å². The van der Waals surface area contributed by atoms with Gasteiger partial charge in [0.15, 0.2) is 0 Å². The number of rotatable bonds is 4. The van der Waals surface area contributed by atoms with E-state index in [0.717, 1.165) is 83.3 Å². The van der Waals surface area contributed by atoms with E-state index in [-0.39, 0.29) is 6.04 Å². The fourth-order valence-corrected chi connectivity index (χ4v) is 5.58. The summed E-state index contributed by atoms with van der Waals surface area (Å²) in [7, 11) is 0. The molecular weight excluding hydrogens is 472 g/mol. The molecule has 0 aliphatic carbocycles. The quantitative estimate of drug-likeness (QED) is 0.314. The molecule has 38 heavy (non-hydrogen) atoms. The Morgan fingerprint density at radius 2 is 1.79 bits per heavy atom. The second-order valence-corrected chi connectivity index (χ2v) is 9.79. The summed E-state index contributed by atoms with van der Waals surface area (Å²) in [5, 5.41) is 1.02. The Kier molecular flexibility index (Phi) is 6.68. The van der Waals surface area contributed by atoms with Crippen molar-refractivity contribution in [2.45, 2.75) is 18.9 Å². The molecule has 3 heterocycles. The molecule has 0 spiro atoms. The number of carbonyl (C=O) groups is 1. The first kappa shape index (κ1) is 24.0. The predicted molar refractivity (Wildman–Crippen MR) is 152 cm³/mol. The van der Waals surface area contributed by atoms with Gasteiger partial charge in [-0.1, -0.05) is 48.2 Å². The van der Waals surface area contributed by atoms with E-state index in [1.165, 1.54) is 0 Å². The number of fused-ring (bicyclic) bond motifs is 1. The number of ether oxygens (including phenoxy) is 1. The molecule has 1 amide bonds. The number of amides is 1. The van der Waals surface area contributed by atoms with Crippen LogP contribution in [0.2, 0.25) is 0 Å². The maximum Gasteiger partial charge on any atom is 0.210 e. The van der Waals surface area contributed by atoms with Crippen molar-refractivity contribution in [3.8, 4) is 23.0 Å².